The van der Waals surface area contributed by atoms with Gasteiger partial charge in [-0.1, -0.05) is 35.0 Å². The van der Waals surface area contributed by atoms with Crippen molar-refractivity contribution in [2.24, 2.45) is 0 Å². The molecule has 8 heteroatoms. The molecule has 0 heterocycles. The van der Waals surface area contributed by atoms with Gasteiger partial charge in [0.25, 0.3) is 0 Å². The summed E-state index contributed by atoms with van der Waals surface area (Å²) in [5, 5.41) is 17.8. The van der Waals surface area contributed by atoms with Gasteiger partial charge in [0.2, 0.25) is 0 Å². The van der Waals surface area contributed by atoms with Crippen molar-refractivity contribution >= 4 is 20.1 Å². The molecule has 2 atom stereocenters. The Balaban J connectivity index is 2.63. The lowest BCUT2D eigenvalue weighted by molar-refractivity contribution is -0.142. The third kappa shape index (κ3) is 6.30. The number of benzene rings is 1. The number of rotatable bonds is 10. The summed E-state index contributed by atoms with van der Waals surface area (Å²) in [6, 6.07) is 8.21. The predicted octanol–water partition coefficient (Wildman–Crippen LogP) is 1.89. The van der Waals surface area contributed by atoms with Crippen LogP contribution in [0.3, 0.4) is 0 Å². The van der Waals surface area contributed by atoms with E-state index in [1.54, 1.807) is 0 Å². The molecule has 0 fully saturated rings. The van der Waals surface area contributed by atoms with Crippen molar-refractivity contribution < 1.29 is 29.3 Å². The molecule has 3 N–H and O–H groups in total. The molecule has 0 radical (unpaired) electrons. The molecule has 0 bridgehead atoms. The van der Waals surface area contributed by atoms with Crippen LogP contribution in [0.15, 0.2) is 30.3 Å². The summed E-state index contributed by atoms with van der Waals surface area (Å²) in [5.74, 6) is -2.43. The van der Waals surface area contributed by atoms with E-state index in [0.717, 1.165) is 10.2 Å². The molecule has 0 aliphatic heterocycles. The van der Waals surface area contributed by atoms with Crippen LogP contribution < -0.4 is 0 Å². The normalized spacial score (nSPS) is 12.9. The number of hydrogen-bond donors (Lipinski definition) is 3. The lowest BCUT2D eigenvalue weighted by atomic mass is 10.1. The molecule has 7 nitrogen and oxygen atoms in total. The summed E-state index contributed by atoms with van der Waals surface area (Å²) in [5.41, 5.74) is 1.05. The first kappa shape index (κ1) is 18.2. The SMILES string of the molecule is O=C(O)CC[C@@H](C(=O)O)N(CCCc1ccccc1)[P+](=O)O. The zero-order valence-electron chi connectivity index (χ0n) is 12.0. The first-order valence-electron chi connectivity index (χ1n) is 6.83. The molecular formula is C14H19NO6P+. The quantitative estimate of drug-likeness (QED) is 0.562. The molecular weight excluding hydrogens is 309 g/mol. The highest BCUT2D eigenvalue weighted by atomic mass is 31.1. The molecule has 120 valence electrons. The molecule has 1 aromatic rings. The highest BCUT2D eigenvalue weighted by molar-refractivity contribution is 7.35. The summed E-state index contributed by atoms with van der Waals surface area (Å²) in [4.78, 5) is 31.1. The van der Waals surface area contributed by atoms with Gasteiger partial charge in [-0.2, -0.15) is 0 Å². The fourth-order valence-corrected chi connectivity index (χ4v) is 2.88. The molecule has 0 amide bonds. The molecule has 0 saturated heterocycles. The van der Waals surface area contributed by atoms with Gasteiger partial charge < -0.3 is 10.2 Å². The van der Waals surface area contributed by atoms with Crippen molar-refractivity contribution in [3.8, 4) is 0 Å². The Morgan fingerprint density at radius 3 is 2.32 bits per heavy atom. The van der Waals surface area contributed by atoms with E-state index < -0.39 is 26.2 Å². The van der Waals surface area contributed by atoms with Crippen LogP contribution in [-0.2, 0) is 20.6 Å². The second-order valence-corrected chi connectivity index (χ2v) is 5.81. The third-order valence-corrected chi connectivity index (χ3v) is 4.11. The van der Waals surface area contributed by atoms with Gasteiger partial charge in [0.15, 0.2) is 6.04 Å². The number of carbonyl (C=O) groups is 2. The molecule has 22 heavy (non-hydrogen) atoms. The topological polar surface area (TPSA) is 115 Å². The van der Waals surface area contributed by atoms with Crippen LogP contribution in [0.25, 0.3) is 0 Å². The summed E-state index contributed by atoms with van der Waals surface area (Å²) in [6.07, 6.45) is 0.571. The van der Waals surface area contributed by atoms with Crippen LogP contribution in [0.4, 0.5) is 0 Å². The van der Waals surface area contributed by atoms with Crippen LogP contribution in [0, 0.1) is 0 Å². The van der Waals surface area contributed by atoms with Crippen LogP contribution >= 0.6 is 8.18 Å². The van der Waals surface area contributed by atoms with E-state index in [1.165, 1.54) is 0 Å². The van der Waals surface area contributed by atoms with E-state index in [0.29, 0.717) is 12.8 Å². The Hall–Kier alpha value is -1.82. The number of carboxylic acid groups (broad SMARTS) is 2. The standard InChI is InChI=1S/C14H18NO6P/c16-13(17)9-8-12(14(18)19)15(22(20)21)10-4-7-11-5-2-1-3-6-11/h1-3,5-6,12H,4,7-10H2,(H2-,16,17,18,19,20,21)/p+1/t12-/m0/s1. The van der Waals surface area contributed by atoms with Gasteiger partial charge in [-0.05, 0) is 29.4 Å². The van der Waals surface area contributed by atoms with E-state index in [-0.39, 0.29) is 19.4 Å². The van der Waals surface area contributed by atoms with Crippen LogP contribution in [0.1, 0.15) is 24.8 Å². The van der Waals surface area contributed by atoms with Gasteiger partial charge >= 0.3 is 20.1 Å². The van der Waals surface area contributed by atoms with Gasteiger partial charge in [-0.25, -0.2) is 0 Å². The summed E-state index contributed by atoms with van der Waals surface area (Å²) >= 11 is 0. The molecule has 0 saturated carbocycles. The van der Waals surface area contributed by atoms with Gasteiger partial charge in [0.1, 0.15) is 0 Å². The molecule has 1 rings (SSSR count). The van der Waals surface area contributed by atoms with Gasteiger partial charge in [-0.15, -0.1) is 4.89 Å². The zero-order chi connectivity index (χ0) is 16.5. The number of nitrogens with zero attached hydrogens (tertiary/aromatic N) is 1. The maximum absolute atomic E-state index is 11.4. The van der Waals surface area contributed by atoms with Crippen LogP contribution in [-0.4, -0.2) is 44.3 Å². The molecule has 1 unspecified atom stereocenters. The average molecular weight is 328 g/mol. The van der Waals surface area contributed by atoms with E-state index in [9.17, 15) is 19.0 Å². The molecule has 0 aliphatic rings. The number of aliphatic carboxylic acids is 2. The minimum Gasteiger partial charge on any atom is -0.481 e. The Morgan fingerprint density at radius 2 is 1.82 bits per heavy atom. The van der Waals surface area contributed by atoms with Crippen LogP contribution in [0.5, 0.6) is 0 Å². The van der Waals surface area contributed by atoms with E-state index >= 15 is 0 Å². The van der Waals surface area contributed by atoms with Crippen molar-refractivity contribution in [3.63, 3.8) is 0 Å². The van der Waals surface area contributed by atoms with Crippen molar-refractivity contribution in [2.75, 3.05) is 6.54 Å². The maximum Gasteiger partial charge on any atom is 0.613 e. The number of aryl methyl sites for hydroxylation is 1. The Bertz CT molecular complexity index is 521. The van der Waals surface area contributed by atoms with Crippen molar-refractivity contribution in [3.05, 3.63) is 35.9 Å². The Labute approximate surface area is 129 Å². The summed E-state index contributed by atoms with van der Waals surface area (Å²) in [7, 11) is -2.84. The van der Waals surface area contributed by atoms with Gasteiger partial charge in [0, 0.05) is 13.0 Å². The lowest BCUT2D eigenvalue weighted by Gasteiger charge is -2.16. The Kier molecular flexibility index (Phi) is 7.66. The van der Waals surface area contributed by atoms with E-state index in [1.807, 2.05) is 30.3 Å². The second kappa shape index (κ2) is 9.25. The minimum absolute atomic E-state index is 0.108. The predicted molar refractivity (Wildman–Crippen MR) is 79.6 cm³/mol. The first-order chi connectivity index (χ1) is 10.4. The monoisotopic (exact) mass is 328 g/mol. The fraction of sp³-hybridized carbons (Fsp3) is 0.429. The molecule has 0 aliphatic carbocycles. The van der Waals surface area contributed by atoms with Crippen molar-refractivity contribution in [1.29, 1.82) is 0 Å². The average Bonchev–Trinajstić information content (AvgIpc) is 2.45. The summed E-state index contributed by atoms with van der Waals surface area (Å²) < 4.78 is 12.3. The largest absolute Gasteiger partial charge is 0.613 e. The highest BCUT2D eigenvalue weighted by Gasteiger charge is 2.38. The molecule has 0 spiro atoms. The maximum atomic E-state index is 11.4. The number of carboxylic acids is 2. The lowest BCUT2D eigenvalue weighted by Crippen LogP contribution is -2.37. The van der Waals surface area contributed by atoms with Gasteiger partial charge in [0.05, 0.1) is 0 Å². The highest BCUT2D eigenvalue weighted by Crippen LogP contribution is 2.27. The third-order valence-electron chi connectivity index (χ3n) is 3.19. The smallest absolute Gasteiger partial charge is 0.481 e. The van der Waals surface area contributed by atoms with Gasteiger partial charge in [-0.3, -0.25) is 9.59 Å². The number of hydrogen-bond acceptors (Lipinski definition) is 3. The fourth-order valence-electron chi connectivity index (χ4n) is 2.11. The van der Waals surface area contributed by atoms with E-state index in [4.69, 9.17) is 10.2 Å². The van der Waals surface area contributed by atoms with Crippen molar-refractivity contribution in [1.82, 2.24) is 4.67 Å². The first-order valence-corrected chi connectivity index (χ1v) is 7.99. The van der Waals surface area contributed by atoms with Crippen LogP contribution in [0.2, 0.25) is 0 Å². The zero-order valence-corrected chi connectivity index (χ0v) is 12.9. The van der Waals surface area contributed by atoms with Crippen molar-refractivity contribution in [2.45, 2.75) is 31.7 Å². The second-order valence-electron chi connectivity index (χ2n) is 4.79. The Morgan fingerprint density at radius 1 is 1.18 bits per heavy atom. The molecule has 0 aromatic heterocycles. The van der Waals surface area contributed by atoms with E-state index in [2.05, 4.69) is 0 Å². The summed E-state index contributed by atoms with van der Waals surface area (Å²) in [6.45, 7) is 0.108. The molecule has 1 aromatic carbocycles. The minimum atomic E-state index is -2.84.